The third kappa shape index (κ3) is 5.05. The molecule has 0 saturated heterocycles. The van der Waals surface area contributed by atoms with Crippen LogP contribution in [-0.4, -0.2) is 43.5 Å². The van der Waals surface area contributed by atoms with E-state index in [0.29, 0.717) is 6.54 Å². The van der Waals surface area contributed by atoms with Crippen molar-refractivity contribution < 1.29 is 4.79 Å². The summed E-state index contributed by atoms with van der Waals surface area (Å²) < 4.78 is 0. The Kier molecular flexibility index (Phi) is 7.23. The van der Waals surface area contributed by atoms with Crippen molar-refractivity contribution in [3.8, 4) is 0 Å². The van der Waals surface area contributed by atoms with Crippen LogP contribution in [0.1, 0.15) is 33.3 Å². The zero-order valence-corrected chi connectivity index (χ0v) is 14.0. The minimum absolute atomic E-state index is 0.136. The third-order valence-electron chi connectivity index (χ3n) is 3.90. The summed E-state index contributed by atoms with van der Waals surface area (Å²) in [7, 11) is 1.83. The van der Waals surface area contributed by atoms with E-state index in [-0.39, 0.29) is 11.9 Å². The van der Waals surface area contributed by atoms with Crippen LogP contribution in [0.3, 0.4) is 0 Å². The maximum atomic E-state index is 12.0. The van der Waals surface area contributed by atoms with Crippen LogP contribution in [0.4, 0.5) is 5.69 Å². The lowest BCUT2D eigenvalue weighted by Crippen LogP contribution is -2.42. The second kappa shape index (κ2) is 8.67. The number of benzene rings is 1. The Bertz CT molecular complexity index is 426. The molecule has 4 heteroatoms. The van der Waals surface area contributed by atoms with Gasteiger partial charge in [0.05, 0.1) is 6.04 Å². The minimum atomic E-state index is -0.155. The zero-order valence-electron chi connectivity index (χ0n) is 14.0. The predicted octanol–water partition coefficient (Wildman–Crippen LogP) is 2.49. The molecule has 1 unspecified atom stereocenters. The Balaban J connectivity index is 2.55. The van der Waals surface area contributed by atoms with Crippen LogP contribution < -0.4 is 10.2 Å². The summed E-state index contributed by atoms with van der Waals surface area (Å²) >= 11 is 0. The van der Waals surface area contributed by atoms with Crippen molar-refractivity contribution in [3.05, 3.63) is 29.8 Å². The van der Waals surface area contributed by atoms with E-state index in [2.05, 4.69) is 48.3 Å². The first-order chi connectivity index (χ1) is 10.0. The number of anilines is 1. The minimum Gasteiger partial charge on any atom is -0.372 e. The van der Waals surface area contributed by atoms with Gasteiger partial charge in [0.1, 0.15) is 0 Å². The Morgan fingerprint density at radius 2 is 1.67 bits per heavy atom. The van der Waals surface area contributed by atoms with Crippen LogP contribution in [0, 0.1) is 0 Å². The van der Waals surface area contributed by atoms with Gasteiger partial charge in [0.2, 0.25) is 5.91 Å². The quantitative estimate of drug-likeness (QED) is 0.799. The van der Waals surface area contributed by atoms with Crippen molar-refractivity contribution >= 4 is 11.6 Å². The fourth-order valence-corrected chi connectivity index (χ4v) is 2.26. The molecule has 1 amide bonds. The average Bonchev–Trinajstić information content (AvgIpc) is 2.53. The molecule has 0 fully saturated rings. The molecule has 1 atom stereocenters. The van der Waals surface area contributed by atoms with Crippen molar-refractivity contribution in [2.75, 3.05) is 31.6 Å². The fourth-order valence-electron chi connectivity index (χ4n) is 2.26. The monoisotopic (exact) mass is 291 g/mol. The lowest BCUT2D eigenvalue weighted by Gasteiger charge is -2.22. The Hall–Kier alpha value is -1.55. The molecule has 118 valence electrons. The van der Waals surface area contributed by atoms with Gasteiger partial charge in [-0.3, -0.25) is 4.79 Å². The zero-order chi connectivity index (χ0) is 15.8. The number of amides is 1. The molecule has 0 heterocycles. The van der Waals surface area contributed by atoms with Gasteiger partial charge in [-0.2, -0.15) is 0 Å². The van der Waals surface area contributed by atoms with Crippen molar-refractivity contribution in [3.63, 3.8) is 0 Å². The summed E-state index contributed by atoms with van der Waals surface area (Å²) in [5.41, 5.74) is 2.45. The molecule has 0 aliphatic carbocycles. The normalized spacial score (nSPS) is 12.0. The Labute approximate surface area is 129 Å². The van der Waals surface area contributed by atoms with E-state index in [1.807, 2.05) is 20.9 Å². The maximum Gasteiger partial charge on any atom is 0.239 e. The summed E-state index contributed by atoms with van der Waals surface area (Å²) in [5, 5.41) is 3.29. The molecule has 0 aromatic heterocycles. The van der Waals surface area contributed by atoms with Gasteiger partial charge in [0.25, 0.3) is 0 Å². The first-order valence-electron chi connectivity index (χ1n) is 7.85. The van der Waals surface area contributed by atoms with Gasteiger partial charge in [0, 0.05) is 38.9 Å². The predicted molar refractivity (Wildman–Crippen MR) is 89.6 cm³/mol. The number of hydrogen-bond acceptors (Lipinski definition) is 3. The van der Waals surface area contributed by atoms with Gasteiger partial charge in [-0.1, -0.05) is 12.1 Å². The van der Waals surface area contributed by atoms with Crippen molar-refractivity contribution in [1.82, 2.24) is 10.2 Å². The molecule has 1 N–H and O–H groups in total. The van der Waals surface area contributed by atoms with E-state index >= 15 is 0 Å². The van der Waals surface area contributed by atoms with Gasteiger partial charge < -0.3 is 15.1 Å². The van der Waals surface area contributed by atoms with Crippen LogP contribution in [0.25, 0.3) is 0 Å². The molecular formula is C17H29N3O. The maximum absolute atomic E-state index is 12.0. The van der Waals surface area contributed by atoms with Crippen LogP contribution in [0.2, 0.25) is 0 Å². The van der Waals surface area contributed by atoms with Crippen LogP contribution in [0.15, 0.2) is 24.3 Å². The van der Waals surface area contributed by atoms with Gasteiger partial charge >= 0.3 is 0 Å². The number of rotatable bonds is 8. The number of hydrogen-bond donors (Lipinski definition) is 1. The smallest absolute Gasteiger partial charge is 0.239 e. The van der Waals surface area contributed by atoms with Crippen molar-refractivity contribution in [2.24, 2.45) is 0 Å². The number of carbonyl (C=O) groups excluding carboxylic acids is 1. The highest BCUT2D eigenvalue weighted by Gasteiger charge is 2.15. The summed E-state index contributed by atoms with van der Waals surface area (Å²) in [6.07, 6.45) is 0. The van der Waals surface area contributed by atoms with E-state index < -0.39 is 0 Å². The molecule has 4 nitrogen and oxygen atoms in total. The number of nitrogens with zero attached hydrogens (tertiary/aromatic N) is 2. The van der Waals surface area contributed by atoms with Crippen LogP contribution >= 0.6 is 0 Å². The van der Waals surface area contributed by atoms with E-state index in [1.54, 1.807) is 4.90 Å². The molecule has 0 aliphatic heterocycles. The second-order valence-corrected chi connectivity index (χ2v) is 5.29. The van der Waals surface area contributed by atoms with Gasteiger partial charge in [-0.25, -0.2) is 0 Å². The number of nitrogens with one attached hydrogen (secondary N) is 1. The van der Waals surface area contributed by atoms with Crippen molar-refractivity contribution in [2.45, 2.75) is 40.3 Å². The lowest BCUT2D eigenvalue weighted by molar-refractivity contribution is -0.131. The first-order valence-corrected chi connectivity index (χ1v) is 7.85. The van der Waals surface area contributed by atoms with Crippen molar-refractivity contribution in [1.29, 1.82) is 0 Å². The third-order valence-corrected chi connectivity index (χ3v) is 3.90. The number of likely N-dealkylation sites (N-methyl/N-ethyl adjacent to an activating group) is 1. The highest BCUT2D eigenvalue weighted by molar-refractivity contribution is 5.81. The fraction of sp³-hybridized carbons (Fsp3) is 0.588. The average molecular weight is 291 g/mol. The van der Waals surface area contributed by atoms with Gasteiger partial charge in [0.15, 0.2) is 0 Å². The second-order valence-electron chi connectivity index (χ2n) is 5.29. The Morgan fingerprint density at radius 1 is 1.10 bits per heavy atom. The first kappa shape index (κ1) is 17.5. The number of carbonyl (C=O) groups is 1. The molecule has 0 spiro atoms. The molecule has 1 aromatic rings. The highest BCUT2D eigenvalue weighted by atomic mass is 16.2. The van der Waals surface area contributed by atoms with E-state index in [0.717, 1.165) is 19.6 Å². The molecule has 0 aliphatic rings. The molecule has 1 aromatic carbocycles. The topological polar surface area (TPSA) is 35.6 Å². The summed E-state index contributed by atoms with van der Waals surface area (Å²) in [5.74, 6) is 0.136. The van der Waals surface area contributed by atoms with Crippen LogP contribution in [-0.2, 0) is 11.3 Å². The summed E-state index contributed by atoms with van der Waals surface area (Å²) in [4.78, 5) is 16.0. The van der Waals surface area contributed by atoms with E-state index in [1.165, 1.54) is 11.3 Å². The molecule has 0 radical (unpaired) electrons. The molecule has 21 heavy (non-hydrogen) atoms. The largest absolute Gasteiger partial charge is 0.372 e. The Morgan fingerprint density at radius 3 is 2.14 bits per heavy atom. The van der Waals surface area contributed by atoms with Crippen LogP contribution in [0.5, 0.6) is 0 Å². The van der Waals surface area contributed by atoms with E-state index in [9.17, 15) is 4.79 Å². The highest BCUT2D eigenvalue weighted by Crippen LogP contribution is 2.14. The molecular weight excluding hydrogens is 262 g/mol. The lowest BCUT2D eigenvalue weighted by atomic mass is 10.1. The summed E-state index contributed by atoms with van der Waals surface area (Å²) in [6, 6.07) is 8.39. The molecule has 0 saturated carbocycles. The molecule has 1 rings (SSSR count). The standard InChI is InChI=1S/C17H29N3O/c1-6-19(5)17(21)14(4)18-13-15-9-11-16(12-10-15)20(7-2)8-3/h9-12,14,18H,6-8,13H2,1-5H3. The van der Waals surface area contributed by atoms with E-state index in [4.69, 9.17) is 0 Å². The SMILES string of the molecule is CCN(C)C(=O)C(C)NCc1ccc(N(CC)CC)cc1. The summed E-state index contributed by atoms with van der Waals surface area (Å²) in [6.45, 7) is 11.7. The van der Waals surface area contributed by atoms with Gasteiger partial charge in [-0.05, 0) is 45.4 Å². The van der Waals surface area contributed by atoms with Gasteiger partial charge in [-0.15, -0.1) is 0 Å². The molecule has 0 bridgehead atoms.